The topological polar surface area (TPSA) is 122 Å². The highest BCUT2D eigenvalue weighted by atomic mass is 16.7. The molecule has 1 aliphatic rings. The highest BCUT2D eigenvalue weighted by molar-refractivity contribution is 6.01. The summed E-state index contributed by atoms with van der Waals surface area (Å²) < 4.78 is 5.30. The molecule has 0 aliphatic carbocycles. The van der Waals surface area contributed by atoms with Crippen LogP contribution < -0.4 is 4.74 Å². The first-order chi connectivity index (χ1) is 10.6. The van der Waals surface area contributed by atoms with Crippen LogP contribution in [0.5, 0.6) is 5.75 Å². The van der Waals surface area contributed by atoms with Gasteiger partial charge >= 0.3 is 5.97 Å². The van der Waals surface area contributed by atoms with Crippen LogP contribution >= 0.6 is 0 Å². The minimum atomic E-state index is -0.727. The largest absolute Gasteiger partial charge is 0.493 e. The van der Waals surface area contributed by atoms with E-state index in [0.29, 0.717) is 16.5 Å². The number of nitrogens with zero attached hydrogens (tertiary/aromatic N) is 4. The predicted molar refractivity (Wildman–Crippen MR) is 72.5 cm³/mol. The summed E-state index contributed by atoms with van der Waals surface area (Å²) in [4.78, 5) is 41.4. The number of hydrogen-bond acceptors (Lipinski definition) is 6. The van der Waals surface area contributed by atoms with E-state index in [4.69, 9.17) is 10.3 Å². The second-order valence-electron chi connectivity index (χ2n) is 4.33. The summed E-state index contributed by atoms with van der Waals surface area (Å²) in [5.74, 6) is -1.28. The van der Waals surface area contributed by atoms with Crippen molar-refractivity contribution in [3.05, 3.63) is 34.7 Å². The smallest absolute Gasteiger partial charge is 0.336 e. The third-order valence-corrected chi connectivity index (χ3v) is 2.77. The van der Waals surface area contributed by atoms with Crippen LogP contribution in [0.3, 0.4) is 0 Å². The van der Waals surface area contributed by atoms with Crippen LogP contribution in [0.25, 0.3) is 10.4 Å². The Morgan fingerprint density at radius 3 is 2.45 bits per heavy atom. The third kappa shape index (κ3) is 3.97. The predicted octanol–water partition coefficient (Wildman–Crippen LogP) is 2.00. The van der Waals surface area contributed by atoms with Crippen LogP contribution in [0.15, 0.2) is 29.4 Å². The molecule has 0 radical (unpaired) electrons. The van der Waals surface area contributed by atoms with Gasteiger partial charge in [0.2, 0.25) is 0 Å². The van der Waals surface area contributed by atoms with E-state index in [9.17, 15) is 14.4 Å². The number of rotatable bonds is 6. The van der Waals surface area contributed by atoms with E-state index in [0.717, 1.165) is 0 Å². The van der Waals surface area contributed by atoms with Crippen LogP contribution in [-0.2, 0) is 19.2 Å². The van der Waals surface area contributed by atoms with Crippen molar-refractivity contribution >= 4 is 23.5 Å². The number of hydrogen-bond donors (Lipinski definition) is 0. The van der Waals surface area contributed by atoms with Crippen molar-refractivity contribution in [2.45, 2.75) is 19.3 Å². The van der Waals surface area contributed by atoms with Crippen molar-refractivity contribution in [2.75, 3.05) is 6.61 Å². The fraction of sp³-hybridized carbons (Fsp3) is 0.308. The van der Waals surface area contributed by atoms with Gasteiger partial charge in [0.15, 0.2) is 0 Å². The molecular weight excluding hydrogens is 292 g/mol. The summed E-state index contributed by atoms with van der Waals surface area (Å²) >= 11 is 0. The molecule has 1 fully saturated rings. The number of imide groups is 1. The van der Waals surface area contributed by atoms with Gasteiger partial charge in [0.1, 0.15) is 5.75 Å². The van der Waals surface area contributed by atoms with Gasteiger partial charge in [0.05, 0.1) is 13.0 Å². The minimum Gasteiger partial charge on any atom is -0.493 e. The van der Waals surface area contributed by atoms with Gasteiger partial charge in [-0.05, 0) is 29.8 Å². The monoisotopic (exact) mass is 304 g/mol. The van der Waals surface area contributed by atoms with Gasteiger partial charge in [-0.25, -0.2) is 4.79 Å². The number of carbonyl (C=O) groups is 3. The number of carbonyl (C=O) groups excluding carboxylic acids is 3. The van der Waals surface area contributed by atoms with Gasteiger partial charge in [0, 0.05) is 23.4 Å². The maximum absolute atomic E-state index is 11.5. The Balaban J connectivity index is 1.76. The molecule has 2 amide bonds. The second-order valence-corrected chi connectivity index (χ2v) is 4.33. The lowest BCUT2D eigenvalue weighted by Gasteiger charge is -2.12. The Morgan fingerprint density at radius 1 is 1.23 bits per heavy atom. The Labute approximate surface area is 125 Å². The Bertz CT molecular complexity index is 620. The van der Waals surface area contributed by atoms with Gasteiger partial charge < -0.3 is 9.57 Å². The molecule has 0 bridgehead atoms. The van der Waals surface area contributed by atoms with E-state index in [2.05, 4.69) is 14.9 Å². The summed E-state index contributed by atoms with van der Waals surface area (Å²) in [6, 6.07) is 6.30. The fourth-order valence-electron chi connectivity index (χ4n) is 1.72. The van der Waals surface area contributed by atoms with Crippen molar-refractivity contribution in [1.29, 1.82) is 0 Å². The summed E-state index contributed by atoms with van der Waals surface area (Å²) in [7, 11) is 0. The highest BCUT2D eigenvalue weighted by Gasteiger charge is 2.32. The lowest BCUT2D eigenvalue weighted by Crippen LogP contribution is -2.32. The van der Waals surface area contributed by atoms with Crippen molar-refractivity contribution in [2.24, 2.45) is 5.11 Å². The molecule has 114 valence electrons. The van der Waals surface area contributed by atoms with Crippen LogP contribution in [0.1, 0.15) is 19.3 Å². The maximum Gasteiger partial charge on any atom is 0.336 e. The lowest BCUT2D eigenvalue weighted by atomic mass is 10.3. The number of benzene rings is 1. The Morgan fingerprint density at radius 2 is 1.86 bits per heavy atom. The summed E-state index contributed by atoms with van der Waals surface area (Å²) in [6.07, 6.45) is -0.00452. The van der Waals surface area contributed by atoms with Crippen molar-refractivity contribution < 1.29 is 24.0 Å². The molecule has 0 atom stereocenters. The molecule has 1 saturated heterocycles. The second kappa shape index (κ2) is 7.09. The normalized spacial score (nSPS) is 13.7. The molecule has 0 N–H and O–H groups in total. The highest BCUT2D eigenvalue weighted by Crippen LogP contribution is 2.18. The average Bonchev–Trinajstić information content (AvgIpc) is 2.81. The zero-order valence-electron chi connectivity index (χ0n) is 11.5. The van der Waals surface area contributed by atoms with Crippen LogP contribution in [0.4, 0.5) is 5.69 Å². The molecule has 9 nitrogen and oxygen atoms in total. The molecule has 1 heterocycles. The third-order valence-electron chi connectivity index (χ3n) is 2.77. The molecule has 0 aromatic heterocycles. The SMILES string of the molecule is [N-]=[N+]=Nc1ccc(OCCC(=O)ON2C(=O)CCC2=O)cc1. The molecule has 0 spiro atoms. The number of azide groups is 1. The Hall–Kier alpha value is -3.06. The Kier molecular flexibility index (Phi) is 4.94. The fourth-order valence-corrected chi connectivity index (χ4v) is 1.72. The zero-order chi connectivity index (χ0) is 15.9. The quantitative estimate of drug-likeness (QED) is 0.344. The van der Waals surface area contributed by atoms with Crippen molar-refractivity contribution in [1.82, 2.24) is 5.06 Å². The van der Waals surface area contributed by atoms with Gasteiger partial charge in [-0.3, -0.25) is 9.59 Å². The zero-order valence-corrected chi connectivity index (χ0v) is 11.5. The first-order valence-corrected chi connectivity index (χ1v) is 6.44. The summed E-state index contributed by atoms with van der Waals surface area (Å²) in [5, 5.41) is 3.91. The van der Waals surface area contributed by atoms with Crippen molar-refractivity contribution in [3.63, 3.8) is 0 Å². The molecular formula is C13H12N4O5. The van der Waals surface area contributed by atoms with E-state index in [-0.39, 0.29) is 25.9 Å². The first kappa shape index (κ1) is 15.3. The lowest BCUT2D eigenvalue weighted by molar-refractivity contribution is -0.197. The van der Waals surface area contributed by atoms with Crippen LogP contribution in [0, 0.1) is 0 Å². The number of ether oxygens (including phenoxy) is 1. The minimum absolute atomic E-state index is 0.0237. The molecule has 0 unspecified atom stereocenters. The standard InChI is InChI=1S/C13H12N4O5/c14-16-15-9-1-3-10(4-2-9)21-8-7-13(20)22-17-11(18)5-6-12(17)19/h1-4H,5-8H2. The van der Waals surface area contributed by atoms with E-state index >= 15 is 0 Å². The van der Waals surface area contributed by atoms with Gasteiger partial charge in [-0.1, -0.05) is 5.11 Å². The van der Waals surface area contributed by atoms with Crippen LogP contribution in [-0.4, -0.2) is 29.5 Å². The van der Waals surface area contributed by atoms with Crippen LogP contribution in [0.2, 0.25) is 0 Å². The molecule has 9 heteroatoms. The van der Waals surface area contributed by atoms with Gasteiger partial charge in [-0.15, -0.1) is 5.06 Å². The van der Waals surface area contributed by atoms with Crippen molar-refractivity contribution in [3.8, 4) is 5.75 Å². The summed E-state index contributed by atoms with van der Waals surface area (Å²) in [5.41, 5.74) is 8.71. The summed E-state index contributed by atoms with van der Waals surface area (Å²) in [6.45, 7) is 0.0237. The van der Waals surface area contributed by atoms with E-state index in [1.54, 1.807) is 24.3 Å². The molecule has 1 aliphatic heterocycles. The molecule has 2 rings (SSSR count). The van der Waals surface area contributed by atoms with Gasteiger partial charge in [-0.2, -0.15) is 0 Å². The number of amides is 2. The average molecular weight is 304 g/mol. The van der Waals surface area contributed by atoms with E-state index < -0.39 is 17.8 Å². The molecule has 22 heavy (non-hydrogen) atoms. The molecule has 1 aromatic rings. The number of hydroxylamine groups is 2. The van der Waals surface area contributed by atoms with E-state index in [1.807, 2.05) is 0 Å². The van der Waals surface area contributed by atoms with E-state index in [1.165, 1.54) is 0 Å². The van der Waals surface area contributed by atoms with Gasteiger partial charge in [0.25, 0.3) is 11.8 Å². The molecule has 0 saturated carbocycles. The maximum atomic E-state index is 11.5. The first-order valence-electron chi connectivity index (χ1n) is 6.44. The molecule has 1 aromatic carbocycles.